The Balaban J connectivity index is 1.70. The molecule has 0 aliphatic carbocycles. The average Bonchev–Trinajstić information content (AvgIpc) is 2.78. The van der Waals surface area contributed by atoms with E-state index in [1.807, 2.05) is 4.90 Å². The Morgan fingerprint density at radius 2 is 2.31 bits per heavy atom. The first-order chi connectivity index (χ1) is 7.75. The van der Waals surface area contributed by atoms with Crippen LogP contribution in [0.2, 0.25) is 0 Å². The van der Waals surface area contributed by atoms with Gasteiger partial charge in [0.2, 0.25) is 0 Å². The summed E-state index contributed by atoms with van der Waals surface area (Å²) in [5, 5.41) is 2.98. The van der Waals surface area contributed by atoms with Gasteiger partial charge in [0.25, 0.3) is 0 Å². The molecule has 0 aromatic heterocycles. The number of ether oxygens (including phenoxy) is 1. The third-order valence-electron chi connectivity index (χ3n) is 3.45. The van der Waals surface area contributed by atoms with Gasteiger partial charge in [-0.05, 0) is 31.6 Å². The summed E-state index contributed by atoms with van der Waals surface area (Å²) in [6.45, 7) is 5.53. The lowest BCUT2D eigenvalue weighted by Crippen LogP contribution is -2.46. The molecule has 16 heavy (non-hydrogen) atoms. The summed E-state index contributed by atoms with van der Waals surface area (Å²) in [6.07, 6.45) is 4.83. The van der Waals surface area contributed by atoms with Crippen molar-refractivity contribution >= 4 is 6.03 Å². The van der Waals surface area contributed by atoms with Gasteiger partial charge in [0.15, 0.2) is 0 Å². The van der Waals surface area contributed by atoms with Crippen LogP contribution in [0.25, 0.3) is 0 Å². The number of urea groups is 1. The lowest BCUT2D eigenvalue weighted by Gasteiger charge is -2.31. The Bertz CT molecular complexity index is 239. The number of carbonyl (C=O) groups is 1. The van der Waals surface area contributed by atoms with Crippen molar-refractivity contribution in [2.24, 2.45) is 5.92 Å². The molecule has 0 aromatic carbocycles. The largest absolute Gasteiger partial charge is 0.376 e. The number of hydrogen-bond acceptors (Lipinski definition) is 2. The molecule has 2 saturated heterocycles. The molecule has 2 unspecified atom stereocenters. The van der Waals surface area contributed by atoms with E-state index in [9.17, 15) is 4.79 Å². The van der Waals surface area contributed by atoms with Crippen LogP contribution in [0.15, 0.2) is 0 Å². The van der Waals surface area contributed by atoms with E-state index in [1.165, 1.54) is 6.42 Å². The first-order valence-corrected chi connectivity index (χ1v) is 6.40. The summed E-state index contributed by atoms with van der Waals surface area (Å²) in [6, 6.07) is 0.0852. The Hall–Kier alpha value is -0.770. The molecule has 2 fully saturated rings. The van der Waals surface area contributed by atoms with Crippen LogP contribution >= 0.6 is 0 Å². The van der Waals surface area contributed by atoms with Crippen LogP contribution in [0.4, 0.5) is 4.79 Å². The Morgan fingerprint density at radius 1 is 1.44 bits per heavy atom. The summed E-state index contributed by atoms with van der Waals surface area (Å²) >= 11 is 0. The highest BCUT2D eigenvalue weighted by molar-refractivity contribution is 5.74. The zero-order valence-electron chi connectivity index (χ0n) is 10.1. The van der Waals surface area contributed by atoms with E-state index in [1.54, 1.807) is 0 Å². The monoisotopic (exact) mass is 226 g/mol. The maximum atomic E-state index is 11.9. The van der Waals surface area contributed by atoms with Crippen molar-refractivity contribution in [3.63, 3.8) is 0 Å². The molecule has 2 amide bonds. The number of likely N-dealkylation sites (tertiary alicyclic amines) is 1. The van der Waals surface area contributed by atoms with Gasteiger partial charge in [-0.1, -0.05) is 6.92 Å². The van der Waals surface area contributed by atoms with Crippen LogP contribution in [0.5, 0.6) is 0 Å². The summed E-state index contributed by atoms with van der Waals surface area (Å²) < 4.78 is 5.48. The van der Waals surface area contributed by atoms with Crippen molar-refractivity contribution in [3.8, 4) is 0 Å². The average molecular weight is 226 g/mol. The molecule has 2 aliphatic heterocycles. The first kappa shape index (κ1) is 11.7. The van der Waals surface area contributed by atoms with Crippen molar-refractivity contribution in [1.82, 2.24) is 10.2 Å². The van der Waals surface area contributed by atoms with E-state index in [0.29, 0.717) is 12.5 Å². The molecule has 2 aliphatic rings. The predicted octanol–water partition coefficient (Wildman–Crippen LogP) is 1.61. The topological polar surface area (TPSA) is 41.6 Å². The maximum Gasteiger partial charge on any atom is 0.317 e. The third-order valence-corrected chi connectivity index (χ3v) is 3.45. The van der Waals surface area contributed by atoms with Crippen molar-refractivity contribution < 1.29 is 9.53 Å². The van der Waals surface area contributed by atoms with E-state index in [2.05, 4.69) is 12.2 Å². The summed E-state index contributed by atoms with van der Waals surface area (Å²) in [5.74, 6) is 0.641. The molecule has 4 nitrogen and oxygen atoms in total. The van der Waals surface area contributed by atoms with Crippen LogP contribution in [0, 0.1) is 5.92 Å². The van der Waals surface area contributed by atoms with Crippen molar-refractivity contribution in [2.75, 3.05) is 26.2 Å². The fourth-order valence-corrected chi connectivity index (χ4v) is 2.49. The van der Waals surface area contributed by atoms with Gasteiger partial charge in [0.05, 0.1) is 6.10 Å². The van der Waals surface area contributed by atoms with Crippen LogP contribution in [-0.2, 0) is 4.74 Å². The van der Waals surface area contributed by atoms with E-state index >= 15 is 0 Å². The highest BCUT2D eigenvalue weighted by Crippen LogP contribution is 2.15. The SMILES string of the molecule is CC1CCCN(C(=O)NCC2CCCO2)C1. The lowest BCUT2D eigenvalue weighted by molar-refractivity contribution is 0.107. The quantitative estimate of drug-likeness (QED) is 0.777. The van der Waals surface area contributed by atoms with Crippen molar-refractivity contribution in [1.29, 1.82) is 0 Å². The summed E-state index contributed by atoms with van der Waals surface area (Å²) in [4.78, 5) is 13.8. The number of rotatable bonds is 2. The number of piperidine rings is 1. The van der Waals surface area contributed by atoms with Crippen LogP contribution < -0.4 is 5.32 Å². The molecule has 2 rings (SSSR count). The molecule has 0 bridgehead atoms. The minimum Gasteiger partial charge on any atom is -0.376 e. The summed E-state index contributed by atoms with van der Waals surface area (Å²) in [7, 11) is 0. The van der Waals surface area contributed by atoms with E-state index < -0.39 is 0 Å². The molecule has 0 radical (unpaired) electrons. The number of hydrogen-bond donors (Lipinski definition) is 1. The van der Waals surface area contributed by atoms with Gasteiger partial charge in [-0.15, -0.1) is 0 Å². The molecule has 2 heterocycles. The van der Waals surface area contributed by atoms with Gasteiger partial charge in [-0.2, -0.15) is 0 Å². The van der Waals surface area contributed by atoms with Gasteiger partial charge in [-0.3, -0.25) is 0 Å². The van der Waals surface area contributed by atoms with Crippen molar-refractivity contribution in [3.05, 3.63) is 0 Å². The minimum absolute atomic E-state index is 0.0852. The maximum absolute atomic E-state index is 11.9. The molecular formula is C12H22N2O2. The highest BCUT2D eigenvalue weighted by Gasteiger charge is 2.22. The first-order valence-electron chi connectivity index (χ1n) is 6.40. The normalized spacial score (nSPS) is 30.4. The fraction of sp³-hybridized carbons (Fsp3) is 0.917. The molecule has 0 aromatic rings. The van der Waals surface area contributed by atoms with E-state index in [-0.39, 0.29) is 12.1 Å². The highest BCUT2D eigenvalue weighted by atomic mass is 16.5. The van der Waals surface area contributed by atoms with Crippen LogP contribution in [0.3, 0.4) is 0 Å². The number of nitrogens with one attached hydrogen (secondary N) is 1. The van der Waals surface area contributed by atoms with Gasteiger partial charge in [0.1, 0.15) is 0 Å². The van der Waals surface area contributed by atoms with Gasteiger partial charge < -0.3 is 15.0 Å². The zero-order valence-corrected chi connectivity index (χ0v) is 10.1. The Kier molecular flexibility index (Phi) is 4.04. The molecule has 4 heteroatoms. The number of amides is 2. The molecule has 0 spiro atoms. The predicted molar refractivity (Wildman–Crippen MR) is 62.3 cm³/mol. The van der Waals surface area contributed by atoms with Crippen LogP contribution in [-0.4, -0.2) is 43.3 Å². The Labute approximate surface area is 97.3 Å². The molecular weight excluding hydrogens is 204 g/mol. The smallest absolute Gasteiger partial charge is 0.317 e. The third kappa shape index (κ3) is 3.11. The van der Waals surface area contributed by atoms with E-state index in [0.717, 1.165) is 39.0 Å². The second-order valence-electron chi connectivity index (χ2n) is 5.01. The molecule has 92 valence electrons. The molecule has 0 saturated carbocycles. The molecule has 1 N–H and O–H groups in total. The Morgan fingerprint density at radius 3 is 3.00 bits per heavy atom. The van der Waals surface area contributed by atoms with Gasteiger partial charge in [-0.25, -0.2) is 4.79 Å². The van der Waals surface area contributed by atoms with E-state index in [4.69, 9.17) is 4.74 Å². The number of carbonyl (C=O) groups excluding carboxylic acids is 1. The summed E-state index contributed by atoms with van der Waals surface area (Å²) in [5.41, 5.74) is 0. The van der Waals surface area contributed by atoms with Crippen molar-refractivity contribution in [2.45, 2.75) is 38.7 Å². The standard InChI is InChI=1S/C12H22N2O2/c1-10-4-2-6-14(9-10)12(15)13-8-11-5-3-7-16-11/h10-11H,2-9H2,1H3,(H,13,15). The zero-order chi connectivity index (χ0) is 11.4. The van der Waals surface area contributed by atoms with Crippen LogP contribution in [0.1, 0.15) is 32.6 Å². The number of nitrogens with zero attached hydrogens (tertiary/aromatic N) is 1. The minimum atomic E-state index is 0.0852. The second-order valence-corrected chi connectivity index (χ2v) is 5.01. The lowest BCUT2D eigenvalue weighted by atomic mass is 10.0. The van der Waals surface area contributed by atoms with Gasteiger partial charge in [0, 0.05) is 26.2 Å². The second kappa shape index (κ2) is 5.53. The van der Waals surface area contributed by atoms with Gasteiger partial charge >= 0.3 is 6.03 Å². The molecule has 2 atom stereocenters. The fourth-order valence-electron chi connectivity index (χ4n) is 2.49.